The van der Waals surface area contributed by atoms with Crippen LogP contribution in [0.15, 0.2) is 42.5 Å². The van der Waals surface area contributed by atoms with Crippen LogP contribution in [0.1, 0.15) is 34.6 Å². The molecule has 2 N–H and O–H groups in total. The molecule has 3 atom stereocenters. The summed E-state index contributed by atoms with van der Waals surface area (Å²) in [6.45, 7) is 0.0574. The molecule has 1 heterocycles. The highest BCUT2D eigenvalue weighted by Crippen LogP contribution is 2.42. The molecule has 1 saturated heterocycles. The molecule has 0 radical (unpaired) electrons. The fourth-order valence-electron chi connectivity index (χ4n) is 3.92. The molecule has 0 aliphatic carbocycles. The topological polar surface area (TPSA) is 83.4 Å². The molecule has 0 spiro atoms. The maximum atomic E-state index is 13.7. The smallest absolute Gasteiger partial charge is 0.417 e. The minimum Gasteiger partial charge on any atom is -0.492 e. The van der Waals surface area contributed by atoms with Gasteiger partial charge in [0.25, 0.3) is 0 Å². The van der Waals surface area contributed by atoms with E-state index in [1.807, 2.05) is 0 Å². The van der Waals surface area contributed by atoms with Gasteiger partial charge in [-0.3, -0.25) is 5.32 Å². The number of nitrogens with one attached hydrogen (secondary N) is 2. The third kappa shape index (κ3) is 6.57. The Bertz CT molecular complexity index is 1080. The number of hydrogen-bond donors (Lipinski definition) is 2. The number of carbonyl (C=O) groups excluding carboxylic acids is 1. The molecule has 2 aromatic carbocycles. The van der Waals surface area contributed by atoms with Gasteiger partial charge in [0.05, 0.1) is 24.3 Å². The lowest BCUT2D eigenvalue weighted by atomic mass is 9.88. The van der Waals surface area contributed by atoms with Crippen molar-refractivity contribution in [3.63, 3.8) is 0 Å². The monoisotopic (exact) mass is 501 g/mol. The van der Waals surface area contributed by atoms with Crippen molar-refractivity contribution in [1.82, 2.24) is 10.6 Å². The Balaban J connectivity index is 1.71. The van der Waals surface area contributed by atoms with Crippen molar-refractivity contribution in [3.05, 3.63) is 64.7 Å². The van der Waals surface area contributed by atoms with Crippen LogP contribution in [0, 0.1) is 11.3 Å². The first-order valence-electron chi connectivity index (χ1n) is 10.4. The number of benzene rings is 2. The standard InChI is InChI=1S/C23H21F6N3O3/c1-34-21(33)31-11-13-2-6-17(7-3-13)35-12-16-9-18(20(32-16)23(27,28)29)14-4-5-15(10-30)19(8-14)22(24,25)26/h2-8,16,18,20,32H,9,11-12H2,1H3,(H,31,33). The second-order valence-electron chi connectivity index (χ2n) is 7.94. The number of rotatable bonds is 6. The number of halogens is 6. The molecule has 1 aliphatic heterocycles. The van der Waals surface area contributed by atoms with Crippen molar-refractivity contribution in [1.29, 1.82) is 5.26 Å². The van der Waals surface area contributed by atoms with Gasteiger partial charge in [-0.2, -0.15) is 31.6 Å². The van der Waals surface area contributed by atoms with Gasteiger partial charge in [-0.05, 0) is 41.8 Å². The van der Waals surface area contributed by atoms with Gasteiger partial charge in [-0.15, -0.1) is 0 Å². The van der Waals surface area contributed by atoms with Crippen LogP contribution in [-0.2, 0) is 17.5 Å². The number of methoxy groups -OCH3 is 1. The first-order chi connectivity index (χ1) is 16.4. The minimum absolute atomic E-state index is 0.117. The summed E-state index contributed by atoms with van der Waals surface area (Å²) in [5.74, 6) is -0.914. The fraction of sp³-hybridized carbons (Fsp3) is 0.391. The molecule has 0 bridgehead atoms. The van der Waals surface area contributed by atoms with Gasteiger partial charge in [0.2, 0.25) is 0 Å². The van der Waals surface area contributed by atoms with Gasteiger partial charge in [-0.1, -0.05) is 18.2 Å². The first-order valence-corrected chi connectivity index (χ1v) is 10.4. The minimum atomic E-state index is -4.87. The number of nitrogens with zero attached hydrogens (tertiary/aromatic N) is 1. The van der Waals surface area contributed by atoms with Gasteiger partial charge in [-0.25, -0.2) is 4.79 Å². The van der Waals surface area contributed by atoms with Crippen LogP contribution in [0.5, 0.6) is 5.75 Å². The van der Waals surface area contributed by atoms with E-state index in [2.05, 4.69) is 15.4 Å². The normalized spacial score (nSPS) is 20.2. The summed E-state index contributed by atoms with van der Waals surface area (Å²) in [4.78, 5) is 11.1. The Hall–Kier alpha value is -3.46. The third-order valence-electron chi connectivity index (χ3n) is 5.60. The summed E-state index contributed by atoms with van der Waals surface area (Å²) >= 11 is 0. The van der Waals surface area contributed by atoms with Crippen molar-refractivity contribution < 1.29 is 40.6 Å². The maximum absolute atomic E-state index is 13.7. The average molecular weight is 501 g/mol. The van der Waals surface area contributed by atoms with E-state index >= 15 is 0 Å². The predicted molar refractivity (Wildman–Crippen MR) is 111 cm³/mol. The molecule has 1 fully saturated rings. The molecule has 6 nitrogen and oxygen atoms in total. The van der Waals surface area contributed by atoms with Crippen molar-refractivity contribution >= 4 is 6.09 Å². The molecule has 188 valence electrons. The van der Waals surface area contributed by atoms with Crippen molar-refractivity contribution in [3.8, 4) is 11.8 Å². The average Bonchev–Trinajstić information content (AvgIpc) is 3.26. The summed E-state index contributed by atoms with van der Waals surface area (Å²) in [7, 11) is 1.23. The van der Waals surface area contributed by atoms with Crippen LogP contribution in [0.4, 0.5) is 31.1 Å². The number of alkyl halides is 6. The highest BCUT2D eigenvalue weighted by Gasteiger charge is 2.51. The molecular weight excluding hydrogens is 480 g/mol. The Morgan fingerprint density at radius 1 is 1.14 bits per heavy atom. The molecule has 1 amide bonds. The van der Waals surface area contributed by atoms with E-state index in [9.17, 15) is 31.1 Å². The summed E-state index contributed by atoms with van der Waals surface area (Å²) in [5.41, 5.74) is -1.34. The van der Waals surface area contributed by atoms with E-state index in [0.29, 0.717) is 11.8 Å². The van der Waals surface area contributed by atoms with E-state index in [1.54, 1.807) is 24.3 Å². The van der Waals surface area contributed by atoms with E-state index in [4.69, 9.17) is 10.00 Å². The Morgan fingerprint density at radius 3 is 2.40 bits per heavy atom. The molecule has 1 aliphatic rings. The molecule has 12 heteroatoms. The zero-order chi connectivity index (χ0) is 25.8. The number of alkyl carbamates (subject to hydrolysis) is 1. The predicted octanol–water partition coefficient (Wildman–Crippen LogP) is 4.89. The number of amides is 1. The lowest BCUT2D eigenvalue weighted by Crippen LogP contribution is -2.44. The van der Waals surface area contributed by atoms with Crippen LogP contribution in [0.25, 0.3) is 0 Å². The van der Waals surface area contributed by atoms with Crippen LogP contribution >= 0.6 is 0 Å². The van der Waals surface area contributed by atoms with Gasteiger partial charge in [0.15, 0.2) is 0 Å². The second kappa shape index (κ2) is 10.4. The number of hydrogen-bond acceptors (Lipinski definition) is 5. The summed E-state index contributed by atoms with van der Waals surface area (Å²) in [5, 5.41) is 13.9. The van der Waals surface area contributed by atoms with Gasteiger partial charge >= 0.3 is 18.4 Å². The highest BCUT2D eigenvalue weighted by molar-refractivity contribution is 5.66. The van der Waals surface area contributed by atoms with Crippen LogP contribution in [0.3, 0.4) is 0 Å². The quantitative estimate of drug-likeness (QED) is 0.551. The molecule has 2 aromatic rings. The van der Waals surface area contributed by atoms with Crippen molar-refractivity contribution in [2.75, 3.05) is 13.7 Å². The first kappa shape index (κ1) is 26.2. The third-order valence-corrected chi connectivity index (χ3v) is 5.60. The largest absolute Gasteiger partial charge is 0.492 e. The maximum Gasteiger partial charge on any atom is 0.417 e. The van der Waals surface area contributed by atoms with E-state index in [0.717, 1.165) is 17.7 Å². The second-order valence-corrected chi connectivity index (χ2v) is 7.94. The van der Waals surface area contributed by atoms with Crippen LogP contribution in [0.2, 0.25) is 0 Å². The van der Waals surface area contributed by atoms with E-state index < -0.39 is 47.6 Å². The summed E-state index contributed by atoms with van der Waals surface area (Å²) in [6, 6.07) is 7.69. The van der Waals surface area contributed by atoms with Gasteiger partial charge < -0.3 is 14.8 Å². The molecule has 0 aromatic heterocycles. The molecule has 3 rings (SSSR count). The molecule has 0 saturated carbocycles. The summed E-state index contributed by atoms with van der Waals surface area (Å²) < 4.78 is 91.1. The molecule has 35 heavy (non-hydrogen) atoms. The van der Waals surface area contributed by atoms with Crippen LogP contribution in [-0.4, -0.2) is 38.1 Å². The SMILES string of the molecule is COC(=O)NCc1ccc(OCC2CC(c3ccc(C#N)c(C(F)(F)F)c3)C(C(F)(F)F)N2)cc1. The lowest BCUT2D eigenvalue weighted by Gasteiger charge is -2.23. The highest BCUT2D eigenvalue weighted by atomic mass is 19.4. The van der Waals surface area contributed by atoms with Crippen molar-refractivity contribution in [2.24, 2.45) is 0 Å². The zero-order valence-corrected chi connectivity index (χ0v) is 18.3. The van der Waals surface area contributed by atoms with Crippen LogP contribution < -0.4 is 15.4 Å². The molecule has 3 unspecified atom stereocenters. The number of carbonyl (C=O) groups is 1. The van der Waals surface area contributed by atoms with Crippen molar-refractivity contribution in [2.45, 2.75) is 43.3 Å². The fourth-order valence-corrected chi connectivity index (χ4v) is 3.92. The lowest BCUT2D eigenvalue weighted by molar-refractivity contribution is -0.156. The Kier molecular flexibility index (Phi) is 7.80. The number of ether oxygens (including phenoxy) is 2. The van der Waals surface area contributed by atoms with Gasteiger partial charge in [0, 0.05) is 18.5 Å². The number of nitriles is 1. The Morgan fingerprint density at radius 2 is 1.83 bits per heavy atom. The molecular formula is C23H21F6N3O3. The van der Waals surface area contributed by atoms with Gasteiger partial charge in [0.1, 0.15) is 18.4 Å². The van der Waals surface area contributed by atoms with E-state index in [-0.39, 0.29) is 25.1 Å². The van der Waals surface area contributed by atoms with E-state index in [1.165, 1.54) is 13.2 Å². The zero-order valence-electron chi connectivity index (χ0n) is 18.3. The summed E-state index contributed by atoms with van der Waals surface area (Å²) in [6.07, 6.45) is -10.3. The Labute approximate surface area is 196 Å².